The fraction of sp³-hybridized carbons (Fsp3) is 0.333. The number of fused-ring (bicyclic) bond motifs is 1. The molecule has 0 spiro atoms. The van der Waals surface area contributed by atoms with Crippen molar-refractivity contribution in [3.8, 4) is 0 Å². The molecule has 0 unspecified atom stereocenters. The zero-order valence-corrected chi connectivity index (χ0v) is 10.3. The predicted octanol–water partition coefficient (Wildman–Crippen LogP) is 1.34. The van der Waals surface area contributed by atoms with Gasteiger partial charge in [-0.25, -0.2) is 4.68 Å². The summed E-state index contributed by atoms with van der Waals surface area (Å²) in [6.45, 7) is 1.54. The molecule has 5 heteroatoms. The molecule has 1 aromatic carbocycles. The SMILES string of the molecule is O=c1c2ccccc2cnn1CCOCCS. The number of hydrogen-bond donors (Lipinski definition) is 1. The van der Waals surface area contributed by atoms with Gasteiger partial charge in [-0.1, -0.05) is 18.2 Å². The van der Waals surface area contributed by atoms with Gasteiger partial charge in [-0.2, -0.15) is 17.7 Å². The van der Waals surface area contributed by atoms with Crippen molar-refractivity contribution in [3.05, 3.63) is 40.8 Å². The summed E-state index contributed by atoms with van der Waals surface area (Å²) in [4.78, 5) is 12.0. The minimum Gasteiger partial charge on any atom is -0.379 e. The summed E-state index contributed by atoms with van der Waals surface area (Å²) < 4.78 is 6.71. The molecule has 0 radical (unpaired) electrons. The van der Waals surface area contributed by atoms with Gasteiger partial charge >= 0.3 is 0 Å². The van der Waals surface area contributed by atoms with Crippen LogP contribution in [0.4, 0.5) is 0 Å². The summed E-state index contributed by atoms with van der Waals surface area (Å²) in [6, 6.07) is 7.44. The fourth-order valence-electron chi connectivity index (χ4n) is 1.60. The van der Waals surface area contributed by atoms with Crippen LogP contribution in [0.3, 0.4) is 0 Å². The molecule has 2 aromatic rings. The Hall–Kier alpha value is -1.33. The molecule has 0 aliphatic rings. The lowest BCUT2D eigenvalue weighted by molar-refractivity contribution is 0.137. The molecule has 0 bridgehead atoms. The predicted molar refractivity (Wildman–Crippen MR) is 70.7 cm³/mol. The first-order valence-corrected chi connectivity index (χ1v) is 6.09. The van der Waals surface area contributed by atoms with Crippen molar-refractivity contribution >= 4 is 23.4 Å². The van der Waals surface area contributed by atoms with E-state index in [9.17, 15) is 4.79 Å². The van der Waals surface area contributed by atoms with Crippen LogP contribution in [0, 0.1) is 0 Å². The number of nitrogens with zero attached hydrogens (tertiary/aromatic N) is 2. The Morgan fingerprint density at radius 2 is 2.12 bits per heavy atom. The first-order valence-electron chi connectivity index (χ1n) is 5.46. The van der Waals surface area contributed by atoms with E-state index in [0.717, 1.165) is 5.39 Å². The van der Waals surface area contributed by atoms with Gasteiger partial charge in [-0.15, -0.1) is 0 Å². The van der Waals surface area contributed by atoms with Crippen LogP contribution in [0.5, 0.6) is 0 Å². The minimum atomic E-state index is -0.0717. The van der Waals surface area contributed by atoms with Crippen LogP contribution in [0.2, 0.25) is 0 Å². The molecule has 1 aromatic heterocycles. The maximum Gasteiger partial charge on any atom is 0.274 e. The summed E-state index contributed by atoms with van der Waals surface area (Å²) in [6.07, 6.45) is 1.70. The van der Waals surface area contributed by atoms with Crippen molar-refractivity contribution in [1.82, 2.24) is 9.78 Å². The maximum atomic E-state index is 12.0. The smallest absolute Gasteiger partial charge is 0.274 e. The van der Waals surface area contributed by atoms with E-state index in [0.29, 0.717) is 30.9 Å². The van der Waals surface area contributed by atoms with Gasteiger partial charge in [0.2, 0.25) is 0 Å². The summed E-state index contributed by atoms with van der Waals surface area (Å²) in [5.41, 5.74) is -0.0717. The van der Waals surface area contributed by atoms with Gasteiger partial charge in [-0.3, -0.25) is 4.79 Å². The van der Waals surface area contributed by atoms with Gasteiger partial charge in [0.15, 0.2) is 0 Å². The molecule has 0 N–H and O–H groups in total. The third kappa shape index (κ3) is 2.87. The Balaban J connectivity index is 2.18. The van der Waals surface area contributed by atoms with E-state index in [-0.39, 0.29) is 5.56 Å². The highest BCUT2D eigenvalue weighted by Gasteiger charge is 2.02. The molecule has 90 valence electrons. The third-order valence-corrected chi connectivity index (χ3v) is 2.63. The lowest BCUT2D eigenvalue weighted by Crippen LogP contribution is -2.25. The van der Waals surface area contributed by atoms with Gasteiger partial charge in [-0.05, 0) is 6.07 Å². The Labute approximate surface area is 105 Å². The van der Waals surface area contributed by atoms with E-state index in [4.69, 9.17) is 4.74 Å². The summed E-state index contributed by atoms with van der Waals surface area (Å²) in [5.74, 6) is 0.681. The summed E-state index contributed by atoms with van der Waals surface area (Å²) >= 11 is 4.04. The largest absolute Gasteiger partial charge is 0.379 e. The summed E-state index contributed by atoms with van der Waals surface area (Å²) in [7, 11) is 0. The number of hydrogen-bond acceptors (Lipinski definition) is 4. The van der Waals surface area contributed by atoms with Crippen molar-refractivity contribution in [2.75, 3.05) is 19.0 Å². The first-order chi connectivity index (χ1) is 8.33. The molecule has 1 heterocycles. The van der Waals surface area contributed by atoms with E-state index in [1.807, 2.05) is 24.3 Å². The highest BCUT2D eigenvalue weighted by Crippen LogP contribution is 2.06. The lowest BCUT2D eigenvalue weighted by Gasteiger charge is -2.06. The van der Waals surface area contributed by atoms with E-state index >= 15 is 0 Å². The first kappa shape index (κ1) is 12.1. The van der Waals surface area contributed by atoms with Crippen LogP contribution in [-0.4, -0.2) is 28.7 Å². The molecule has 4 nitrogen and oxygen atoms in total. The van der Waals surface area contributed by atoms with Crippen molar-refractivity contribution in [2.24, 2.45) is 0 Å². The Morgan fingerprint density at radius 3 is 2.94 bits per heavy atom. The third-order valence-electron chi connectivity index (χ3n) is 2.44. The monoisotopic (exact) mass is 250 g/mol. The number of benzene rings is 1. The van der Waals surface area contributed by atoms with Gasteiger partial charge in [0.1, 0.15) is 0 Å². The van der Waals surface area contributed by atoms with E-state index in [1.54, 1.807) is 6.20 Å². The zero-order valence-electron chi connectivity index (χ0n) is 9.37. The molecule has 2 rings (SSSR count). The maximum absolute atomic E-state index is 12.0. The van der Waals surface area contributed by atoms with Crippen LogP contribution >= 0.6 is 12.6 Å². The second-order valence-electron chi connectivity index (χ2n) is 3.60. The number of thiol groups is 1. The molecular formula is C12H14N2O2S. The molecule has 0 aliphatic carbocycles. The second kappa shape index (κ2) is 5.84. The van der Waals surface area contributed by atoms with Gasteiger partial charge in [0, 0.05) is 11.1 Å². The van der Waals surface area contributed by atoms with Crippen LogP contribution in [0.15, 0.2) is 35.3 Å². The van der Waals surface area contributed by atoms with Crippen LogP contribution in [0.1, 0.15) is 0 Å². The molecule has 0 saturated carbocycles. The quantitative estimate of drug-likeness (QED) is 0.643. The number of rotatable bonds is 5. The average molecular weight is 250 g/mol. The molecule has 0 amide bonds. The van der Waals surface area contributed by atoms with Crippen molar-refractivity contribution < 1.29 is 4.74 Å². The molecule has 0 atom stereocenters. The van der Waals surface area contributed by atoms with Crippen molar-refractivity contribution in [1.29, 1.82) is 0 Å². The number of ether oxygens (including phenoxy) is 1. The van der Waals surface area contributed by atoms with Gasteiger partial charge in [0.05, 0.1) is 31.3 Å². The highest BCUT2D eigenvalue weighted by molar-refractivity contribution is 7.80. The Kier molecular flexibility index (Phi) is 4.17. The highest BCUT2D eigenvalue weighted by atomic mass is 32.1. The van der Waals surface area contributed by atoms with Gasteiger partial charge in [0.25, 0.3) is 5.56 Å². The Bertz CT molecular complexity index is 553. The topological polar surface area (TPSA) is 44.1 Å². The van der Waals surface area contributed by atoms with Crippen LogP contribution < -0.4 is 5.56 Å². The molecule has 0 aliphatic heterocycles. The number of aromatic nitrogens is 2. The normalized spacial score (nSPS) is 10.9. The molecular weight excluding hydrogens is 236 g/mol. The van der Waals surface area contributed by atoms with E-state index in [2.05, 4.69) is 17.7 Å². The van der Waals surface area contributed by atoms with Gasteiger partial charge < -0.3 is 4.74 Å². The van der Waals surface area contributed by atoms with E-state index < -0.39 is 0 Å². The second-order valence-corrected chi connectivity index (χ2v) is 4.04. The van der Waals surface area contributed by atoms with E-state index in [1.165, 1.54) is 4.68 Å². The molecule has 0 saturated heterocycles. The van der Waals surface area contributed by atoms with Crippen molar-refractivity contribution in [2.45, 2.75) is 6.54 Å². The van der Waals surface area contributed by atoms with Crippen LogP contribution in [0.25, 0.3) is 10.8 Å². The lowest BCUT2D eigenvalue weighted by atomic mass is 10.2. The standard InChI is InChI=1S/C12H14N2O2S/c15-12-11-4-2-1-3-10(11)9-13-14(12)5-6-16-7-8-17/h1-4,9,17H,5-8H2. The Morgan fingerprint density at radius 1 is 1.29 bits per heavy atom. The van der Waals surface area contributed by atoms with Crippen LogP contribution in [-0.2, 0) is 11.3 Å². The molecule has 17 heavy (non-hydrogen) atoms. The molecule has 0 fully saturated rings. The fourth-order valence-corrected chi connectivity index (χ4v) is 1.73. The zero-order chi connectivity index (χ0) is 12.1. The van der Waals surface area contributed by atoms with Crippen molar-refractivity contribution in [3.63, 3.8) is 0 Å². The minimum absolute atomic E-state index is 0.0717. The summed E-state index contributed by atoms with van der Waals surface area (Å²) in [5, 5.41) is 5.67. The average Bonchev–Trinajstić information content (AvgIpc) is 2.37.